The van der Waals surface area contributed by atoms with Gasteiger partial charge in [-0.2, -0.15) is 0 Å². The molecular formula is C13H17N3O. The fourth-order valence-corrected chi connectivity index (χ4v) is 1.91. The van der Waals surface area contributed by atoms with E-state index in [1.54, 1.807) is 13.4 Å². The Morgan fingerprint density at radius 2 is 1.88 bits per heavy atom. The molecule has 0 bridgehead atoms. The van der Waals surface area contributed by atoms with E-state index in [1.165, 1.54) is 0 Å². The fourth-order valence-electron chi connectivity index (χ4n) is 1.91. The van der Waals surface area contributed by atoms with Crippen molar-refractivity contribution in [2.75, 3.05) is 12.8 Å². The van der Waals surface area contributed by atoms with E-state index in [2.05, 4.69) is 30.7 Å². The van der Waals surface area contributed by atoms with Crippen LogP contribution in [0.15, 0.2) is 18.5 Å². The zero-order valence-corrected chi connectivity index (χ0v) is 10.6. The van der Waals surface area contributed by atoms with Crippen molar-refractivity contribution in [1.29, 1.82) is 0 Å². The first kappa shape index (κ1) is 11.6. The number of ether oxygens (including phenoxy) is 1. The molecule has 0 saturated heterocycles. The Hall–Kier alpha value is -1.84. The van der Waals surface area contributed by atoms with E-state index in [4.69, 9.17) is 10.5 Å². The van der Waals surface area contributed by atoms with E-state index >= 15 is 0 Å². The minimum atomic E-state index is -0.0395. The molecule has 2 aromatic rings. The second-order valence-corrected chi connectivity index (χ2v) is 5.05. The molecule has 4 nitrogen and oxygen atoms in total. The van der Waals surface area contributed by atoms with Crippen LogP contribution in [0.2, 0.25) is 0 Å². The number of hydrogen-bond donors (Lipinski definition) is 1. The van der Waals surface area contributed by atoms with E-state index in [9.17, 15) is 0 Å². The molecule has 0 atom stereocenters. The standard InChI is InChI=1S/C13H17N3O/c1-13(2,3)12-8-5-6-9(17-4)10(14)11(8)15-7-16-12/h5-7H,14H2,1-4H3. The zero-order valence-electron chi connectivity index (χ0n) is 10.6. The van der Waals surface area contributed by atoms with Gasteiger partial charge in [-0.15, -0.1) is 0 Å². The van der Waals surface area contributed by atoms with Gasteiger partial charge in [0.1, 0.15) is 23.3 Å². The van der Waals surface area contributed by atoms with Crippen molar-refractivity contribution in [3.63, 3.8) is 0 Å². The molecule has 0 aliphatic carbocycles. The quantitative estimate of drug-likeness (QED) is 0.766. The van der Waals surface area contributed by atoms with Crippen LogP contribution in [0.4, 0.5) is 5.69 Å². The van der Waals surface area contributed by atoms with Crippen LogP contribution in [-0.4, -0.2) is 17.1 Å². The maximum Gasteiger partial charge on any atom is 0.144 e. The van der Waals surface area contributed by atoms with E-state index in [-0.39, 0.29) is 5.41 Å². The first-order valence-corrected chi connectivity index (χ1v) is 5.53. The molecule has 90 valence electrons. The summed E-state index contributed by atoms with van der Waals surface area (Å²) in [5.74, 6) is 0.649. The molecule has 4 heteroatoms. The summed E-state index contributed by atoms with van der Waals surface area (Å²) in [6, 6.07) is 3.82. The number of nitrogen functional groups attached to an aromatic ring is 1. The van der Waals surface area contributed by atoms with Crippen molar-refractivity contribution >= 4 is 16.6 Å². The number of hydrogen-bond acceptors (Lipinski definition) is 4. The number of fused-ring (bicyclic) bond motifs is 1. The van der Waals surface area contributed by atoms with Gasteiger partial charge in [-0.1, -0.05) is 20.8 Å². The maximum absolute atomic E-state index is 6.03. The molecule has 1 aromatic carbocycles. The molecule has 0 saturated carbocycles. The van der Waals surface area contributed by atoms with Gasteiger partial charge in [0, 0.05) is 10.8 Å². The minimum Gasteiger partial charge on any atom is -0.495 e. The number of aromatic nitrogens is 2. The van der Waals surface area contributed by atoms with Crippen molar-refractivity contribution in [3.05, 3.63) is 24.2 Å². The van der Waals surface area contributed by atoms with E-state index in [0.29, 0.717) is 11.4 Å². The molecule has 17 heavy (non-hydrogen) atoms. The average Bonchev–Trinajstić information content (AvgIpc) is 2.28. The lowest BCUT2D eigenvalue weighted by molar-refractivity contribution is 0.417. The third-order valence-corrected chi connectivity index (χ3v) is 2.74. The predicted molar refractivity (Wildman–Crippen MR) is 69.2 cm³/mol. The Bertz CT molecular complexity index is 558. The summed E-state index contributed by atoms with van der Waals surface area (Å²) in [4.78, 5) is 8.61. The van der Waals surface area contributed by atoms with Crippen LogP contribution in [-0.2, 0) is 5.41 Å². The van der Waals surface area contributed by atoms with Gasteiger partial charge >= 0.3 is 0 Å². The van der Waals surface area contributed by atoms with Crippen LogP contribution in [0.1, 0.15) is 26.5 Å². The van der Waals surface area contributed by atoms with Gasteiger partial charge in [-0.05, 0) is 12.1 Å². The van der Waals surface area contributed by atoms with Gasteiger partial charge in [-0.3, -0.25) is 0 Å². The summed E-state index contributed by atoms with van der Waals surface area (Å²) >= 11 is 0. The lowest BCUT2D eigenvalue weighted by atomic mass is 9.89. The highest BCUT2D eigenvalue weighted by Crippen LogP contribution is 2.33. The molecule has 0 radical (unpaired) electrons. The first-order chi connectivity index (χ1) is 7.95. The number of benzene rings is 1. The van der Waals surface area contributed by atoms with Crippen molar-refractivity contribution in [3.8, 4) is 5.75 Å². The Kier molecular flexibility index (Phi) is 2.65. The molecule has 1 aromatic heterocycles. The molecule has 0 unspecified atom stereocenters. The predicted octanol–water partition coefficient (Wildman–Crippen LogP) is 2.52. The second-order valence-electron chi connectivity index (χ2n) is 5.05. The summed E-state index contributed by atoms with van der Waals surface area (Å²) < 4.78 is 5.19. The number of rotatable bonds is 1. The molecule has 0 fully saturated rings. The minimum absolute atomic E-state index is 0.0395. The number of nitrogens with two attached hydrogens (primary N) is 1. The van der Waals surface area contributed by atoms with Gasteiger partial charge in [0.05, 0.1) is 12.8 Å². The smallest absolute Gasteiger partial charge is 0.144 e. The van der Waals surface area contributed by atoms with Crippen molar-refractivity contribution in [2.45, 2.75) is 26.2 Å². The highest BCUT2D eigenvalue weighted by molar-refractivity contribution is 5.94. The van der Waals surface area contributed by atoms with Crippen LogP contribution >= 0.6 is 0 Å². The van der Waals surface area contributed by atoms with Gasteiger partial charge in [0.25, 0.3) is 0 Å². The second kappa shape index (κ2) is 3.87. The summed E-state index contributed by atoms with van der Waals surface area (Å²) in [5, 5.41) is 0.985. The fraction of sp³-hybridized carbons (Fsp3) is 0.385. The molecular weight excluding hydrogens is 214 g/mol. The van der Waals surface area contributed by atoms with Crippen LogP contribution < -0.4 is 10.5 Å². The summed E-state index contributed by atoms with van der Waals surface area (Å²) in [7, 11) is 1.60. The van der Waals surface area contributed by atoms with E-state index < -0.39 is 0 Å². The normalized spacial score (nSPS) is 11.8. The molecule has 0 aliphatic heterocycles. The molecule has 1 heterocycles. The highest BCUT2D eigenvalue weighted by Gasteiger charge is 2.20. The highest BCUT2D eigenvalue weighted by atomic mass is 16.5. The molecule has 0 spiro atoms. The molecule has 0 amide bonds. The molecule has 0 aliphatic rings. The summed E-state index contributed by atoms with van der Waals surface area (Å²) in [6.07, 6.45) is 1.55. The summed E-state index contributed by atoms with van der Waals surface area (Å²) in [5.41, 5.74) is 8.31. The lowest BCUT2D eigenvalue weighted by Gasteiger charge is -2.20. The van der Waals surface area contributed by atoms with Crippen molar-refractivity contribution in [1.82, 2.24) is 9.97 Å². The Labute approximate surface area is 101 Å². The van der Waals surface area contributed by atoms with Crippen molar-refractivity contribution < 1.29 is 4.74 Å². The van der Waals surface area contributed by atoms with Crippen LogP contribution in [0.3, 0.4) is 0 Å². The molecule has 2 rings (SSSR count). The van der Waals surface area contributed by atoms with Gasteiger partial charge in [0.15, 0.2) is 0 Å². The number of anilines is 1. The number of methoxy groups -OCH3 is 1. The third-order valence-electron chi connectivity index (χ3n) is 2.74. The van der Waals surface area contributed by atoms with Gasteiger partial charge < -0.3 is 10.5 Å². The van der Waals surface area contributed by atoms with Gasteiger partial charge in [-0.25, -0.2) is 9.97 Å². The van der Waals surface area contributed by atoms with E-state index in [1.807, 2.05) is 12.1 Å². The van der Waals surface area contributed by atoms with Crippen LogP contribution in [0, 0.1) is 0 Å². The van der Waals surface area contributed by atoms with Gasteiger partial charge in [0.2, 0.25) is 0 Å². The SMILES string of the molecule is COc1ccc2c(C(C)(C)C)ncnc2c1N. The average molecular weight is 231 g/mol. The molecule has 2 N–H and O–H groups in total. The monoisotopic (exact) mass is 231 g/mol. The van der Waals surface area contributed by atoms with Crippen molar-refractivity contribution in [2.24, 2.45) is 0 Å². The Morgan fingerprint density at radius 3 is 2.47 bits per heavy atom. The van der Waals surface area contributed by atoms with Crippen LogP contribution in [0.25, 0.3) is 10.9 Å². The largest absolute Gasteiger partial charge is 0.495 e. The Morgan fingerprint density at radius 1 is 1.18 bits per heavy atom. The van der Waals surface area contributed by atoms with Crippen LogP contribution in [0.5, 0.6) is 5.75 Å². The number of nitrogens with zero attached hydrogens (tertiary/aromatic N) is 2. The third kappa shape index (κ3) is 1.90. The summed E-state index contributed by atoms with van der Waals surface area (Å²) in [6.45, 7) is 6.36. The van der Waals surface area contributed by atoms with E-state index in [0.717, 1.165) is 16.6 Å². The maximum atomic E-state index is 6.03. The first-order valence-electron chi connectivity index (χ1n) is 5.53. The Balaban J connectivity index is 2.80. The topological polar surface area (TPSA) is 61.0 Å². The lowest BCUT2D eigenvalue weighted by Crippen LogP contribution is -2.14. The zero-order chi connectivity index (χ0) is 12.6.